The molecule has 4 aromatic carbocycles. The number of aromatic hydroxyl groups is 2. The van der Waals surface area contributed by atoms with Gasteiger partial charge in [0.25, 0.3) is 5.56 Å². The second-order valence-electron chi connectivity index (χ2n) is 21.0. The maximum atomic E-state index is 14.5. The molecule has 0 spiro atoms. The smallest absolute Gasteiger partial charge is 0.269 e. The normalized spacial score (nSPS) is 16.3. The average Bonchev–Trinajstić information content (AvgIpc) is 3.33. The SMILES string of the molecule is Cc1cc(O)cc(C)c1C[C@@H](C(=O)N1Cc2ccccc2C[C@H]1C(=O)NCCCc1[nH]c(=O)c(CCCNC(=O)[C@@H]2Cc3ccccc3CN2C(=O)[C@H](Cc2c(C)cc(O)cc2C)C(C)C)nc1C)C(C)C. The number of rotatable bonds is 18. The first kappa shape index (κ1) is 53.0. The molecule has 72 heavy (non-hydrogen) atoms. The summed E-state index contributed by atoms with van der Waals surface area (Å²) in [6, 6.07) is 21.4. The van der Waals surface area contributed by atoms with Crippen LogP contribution < -0.4 is 16.2 Å². The summed E-state index contributed by atoms with van der Waals surface area (Å²) >= 11 is 0. The highest BCUT2D eigenvalue weighted by Crippen LogP contribution is 2.33. The van der Waals surface area contributed by atoms with Crippen LogP contribution in [0.2, 0.25) is 0 Å². The standard InChI is InChI=1S/C59H74N6O7/c1-34(2)47(30-49-36(5)24-45(66)25-37(49)6)58(71)64-32-43-18-12-10-16-41(43)28-53(64)56(69)60-22-14-20-51-40(9)62-52(55(68)63-51)21-15-23-61-57(70)54-29-42-17-11-13-19-44(42)33-65(54)59(72)48(35(3)4)31-50-38(7)26-46(67)27-39(50)8/h10-13,16-19,24-27,34-35,47-48,53-54,66-67H,14-15,20-23,28-33H2,1-9H3,(H,60,69)(H,61,70)(H,63,68)/t47-,48-,53+,54+/m1/s1. The van der Waals surface area contributed by atoms with Gasteiger partial charge < -0.3 is 35.6 Å². The Balaban J connectivity index is 0.939. The quantitative estimate of drug-likeness (QED) is 0.0552. The summed E-state index contributed by atoms with van der Waals surface area (Å²) in [6.07, 6.45) is 3.64. The summed E-state index contributed by atoms with van der Waals surface area (Å²) in [6.45, 7) is 19.1. The molecular formula is C59H74N6O7. The van der Waals surface area contributed by atoms with Gasteiger partial charge in [0.1, 0.15) is 29.3 Å². The van der Waals surface area contributed by atoms with Crippen LogP contribution in [-0.2, 0) is 70.8 Å². The first-order valence-corrected chi connectivity index (χ1v) is 25.8. The lowest BCUT2D eigenvalue weighted by atomic mass is 9.83. The summed E-state index contributed by atoms with van der Waals surface area (Å²) in [5, 5.41) is 26.5. The van der Waals surface area contributed by atoms with Crippen molar-refractivity contribution in [2.75, 3.05) is 13.1 Å². The van der Waals surface area contributed by atoms with Gasteiger partial charge in [-0.05, 0) is 165 Å². The molecule has 0 bridgehead atoms. The lowest BCUT2D eigenvalue weighted by Crippen LogP contribution is -2.54. The summed E-state index contributed by atoms with van der Waals surface area (Å²) in [5.74, 6) is -0.919. The van der Waals surface area contributed by atoms with Gasteiger partial charge in [-0.25, -0.2) is 0 Å². The fourth-order valence-electron chi connectivity index (χ4n) is 10.9. The zero-order valence-electron chi connectivity index (χ0n) is 43.7. The Kier molecular flexibility index (Phi) is 17.1. The summed E-state index contributed by atoms with van der Waals surface area (Å²) in [5.41, 5.74) is 11.4. The van der Waals surface area contributed by atoms with E-state index in [4.69, 9.17) is 0 Å². The zero-order chi connectivity index (χ0) is 52.0. The van der Waals surface area contributed by atoms with Crippen molar-refractivity contribution >= 4 is 23.6 Å². The topological polar surface area (TPSA) is 185 Å². The maximum Gasteiger partial charge on any atom is 0.269 e. The van der Waals surface area contributed by atoms with E-state index in [9.17, 15) is 34.2 Å². The Morgan fingerprint density at radius 1 is 0.625 bits per heavy atom. The van der Waals surface area contributed by atoms with Crippen LogP contribution >= 0.6 is 0 Å². The van der Waals surface area contributed by atoms with Crippen LogP contribution in [0, 0.1) is 58.3 Å². The molecule has 5 N–H and O–H groups in total. The highest BCUT2D eigenvalue weighted by Gasteiger charge is 2.40. The number of phenols is 2. The van der Waals surface area contributed by atoms with E-state index >= 15 is 0 Å². The Morgan fingerprint density at radius 3 is 1.42 bits per heavy atom. The molecule has 2 aliphatic rings. The number of carbonyl (C=O) groups excluding carboxylic acids is 4. The van der Waals surface area contributed by atoms with E-state index in [1.807, 2.05) is 111 Å². The van der Waals surface area contributed by atoms with Gasteiger partial charge in [-0.15, -0.1) is 0 Å². The highest BCUT2D eigenvalue weighted by atomic mass is 16.3. The van der Waals surface area contributed by atoms with Crippen LogP contribution in [-0.4, -0.2) is 78.8 Å². The maximum absolute atomic E-state index is 14.5. The second-order valence-corrected chi connectivity index (χ2v) is 21.0. The van der Waals surface area contributed by atoms with Gasteiger partial charge in [0.05, 0.1) is 5.69 Å². The van der Waals surface area contributed by atoms with Crippen molar-refractivity contribution in [1.82, 2.24) is 30.4 Å². The first-order valence-electron chi connectivity index (χ1n) is 25.8. The molecule has 1 aromatic heterocycles. The van der Waals surface area contributed by atoms with Crippen LogP contribution in [0.1, 0.15) is 113 Å². The minimum Gasteiger partial charge on any atom is -0.508 e. The third-order valence-electron chi connectivity index (χ3n) is 15.2. The number of nitrogens with one attached hydrogen (secondary N) is 3. The van der Waals surface area contributed by atoms with Crippen molar-refractivity contribution in [2.45, 2.75) is 139 Å². The number of nitrogens with zero attached hydrogens (tertiary/aromatic N) is 3. The molecule has 7 rings (SSSR count). The van der Waals surface area contributed by atoms with E-state index in [1.165, 1.54) is 0 Å². The third kappa shape index (κ3) is 12.3. The monoisotopic (exact) mass is 979 g/mol. The number of aryl methyl sites for hydroxylation is 7. The van der Waals surface area contributed by atoms with Crippen LogP contribution in [0.15, 0.2) is 77.6 Å². The fourth-order valence-corrected chi connectivity index (χ4v) is 10.9. The molecule has 0 radical (unpaired) electrons. The highest BCUT2D eigenvalue weighted by molar-refractivity contribution is 5.90. The molecule has 13 nitrogen and oxygen atoms in total. The van der Waals surface area contributed by atoms with Gasteiger partial charge in [0.15, 0.2) is 0 Å². The minimum absolute atomic E-state index is 0.00427. The number of carbonyl (C=O) groups is 4. The van der Waals surface area contributed by atoms with Crippen molar-refractivity contribution in [3.8, 4) is 11.5 Å². The Labute approximate surface area is 424 Å². The van der Waals surface area contributed by atoms with Gasteiger partial charge in [-0.2, -0.15) is 0 Å². The molecular weight excluding hydrogens is 905 g/mol. The molecule has 0 saturated heterocycles. The predicted octanol–water partition coefficient (Wildman–Crippen LogP) is 7.76. The molecule has 4 amide bonds. The number of hydrogen-bond acceptors (Lipinski definition) is 8. The molecule has 5 aromatic rings. The third-order valence-corrected chi connectivity index (χ3v) is 15.2. The van der Waals surface area contributed by atoms with E-state index in [1.54, 1.807) is 34.1 Å². The van der Waals surface area contributed by atoms with Gasteiger partial charge in [0, 0.05) is 56.6 Å². The summed E-state index contributed by atoms with van der Waals surface area (Å²) < 4.78 is 0. The van der Waals surface area contributed by atoms with Crippen molar-refractivity contribution in [2.24, 2.45) is 23.7 Å². The van der Waals surface area contributed by atoms with Crippen LogP contribution in [0.25, 0.3) is 0 Å². The minimum atomic E-state index is -0.696. The number of H-pyrrole nitrogens is 1. The van der Waals surface area contributed by atoms with Crippen LogP contribution in [0.4, 0.5) is 0 Å². The molecule has 0 saturated carbocycles. The van der Waals surface area contributed by atoms with Crippen molar-refractivity contribution in [1.29, 1.82) is 0 Å². The Morgan fingerprint density at radius 2 is 1.01 bits per heavy atom. The van der Waals surface area contributed by atoms with E-state index < -0.39 is 12.1 Å². The molecule has 0 aliphatic carbocycles. The second kappa shape index (κ2) is 23.2. The number of amides is 4. The van der Waals surface area contributed by atoms with Gasteiger partial charge in [0.2, 0.25) is 23.6 Å². The van der Waals surface area contributed by atoms with Crippen molar-refractivity contribution in [3.05, 3.63) is 156 Å². The van der Waals surface area contributed by atoms with Crippen LogP contribution in [0.3, 0.4) is 0 Å². The number of aromatic amines is 1. The largest absolute Gasteiger partial charge is 0.508 e. The lowest BCUT2D eigenvalue weighted by Gasteiger charge is -2.39. The zero-order valence-corrected chi connectivity index (χ0v) is 43.7. The summed E-state index contributed by atoms with van der Waals surface area (Å²) in [7, 11) is 0. The van der Waals surface area contributed by atoms with E-state index in [0.29, 0.717) is 94.6 Å². The number of fused-ring (bicyclic) bond motifs is 2. The Hall–Kier alpha value is -6.76. The van der Waals surface area contributed by atoms with Gasteiger partial charge in [-0.3, -0.25) is 29.0 Å². The van der Waals surface area contributed by atoms with E-state index in [0.717, 1.165) is 55.6 Å². The molecule has 3 heterocycles. The van der Waals surface area contributed by atoms with E-state index in [-0.39, 0.29) is 64.4 Å². The molecule has 382 valence electrons. The molecule has 4 atom stereocenters. The lowest BCUT2D eigenvalue weighted by molar-refractivity contribution is -0.146. The van der Waals surface area contributed by atoms with E-state index in [2.05, 4.69) is 20.6 Å². The number of benzene rings is 4. The fraction of sp³-hybridized carbons (Fsp3) is 0.458. The van der Waals surface area contributed by atoms with Crippen molar-refractivity contribution in [3.63, 3.8) is 0 Å². The average molecular weight is 979 g/mol. The predicted molar refractivity (Wildman–Crippen MR) is 280 cm³/mol. The first-order chi connectivity index (χ1) is 34.3. The Bertz CT molecular complexity index is 2820. The van der Waals surface area contributed by atoms with Crippen LogP contribution in [0.5, 0.6) is 11.5 Å². The molecule has 0 unspecified atom stereocenters. The molecule has 13 heteroatoms. The molecule has 0 fully saturated rings. The number of hydrogen-bond donors (Lipinski definition) is 5. The number of aromatic nitrogens is 2. The van der Waals surface area contributed by atoms with Gasteiger partial charge >= 0.3 is 0 Å². The number of phenolic OH excluding ortho intramolecular Hbond substituents is 2. The summed E-state index contributed by atoms with van der Waals surface area (Å²) in [4.78, 5) is 81.7. The molecule has 2 aliphatic heterocycles. The van der Waals surface area contributed by atoms with Crippen molar-refractivity contribution < 1.29 is 29.4 Å². The van der Waals surface area contributed by atoms with Gasteiger partial charge in [-0.1, -0.05) is 76.2 Å².